The van der Waals surface area contributed by atoms with E-state index in [1.54, 1.807) is 23.8 Å². The molecule has 2 N–H and O–H groups in total. The van der Waals surface area contributed by atoms with Crippen molar-refractivity contribution >= 4 is 40.1 Å². The Morgan fingerprint density at radius 1 is 1.02 bits per heavy atom. The van der Waals surface area contributed by atoms with Crippen LogP contribution in [0.2, 0.25) is 0 Å². The molecule has 0 aliphatic carbocycles. The van der Waals surface area contributed by atoms with Crippen molar-refractivity contribution in [3.05, 3.63) is 17.2 Å². The first-order valence-corrected chi connectivity index (χ1v) is 16.4. The molecule has 1 aromatic rings. The predicted octanol–water partition coefficient (Wildman–Crippen LogP) is 3.69. The number of likely N-dealkylation sites (N-methyl/N-ethyl adjacent to an activating group) is 1. The zero-order valence-electron chi connectivity index (χ0n) is 27.3. The Morgan fingerprint density at radius 2 is 1.70 bits per heavy atom. The van der Waals surface area contributed by atoms with E-state index in [9.17, 15) is 19.2 Å². The Bertz CT molecular complexity index is 1160. The fourth-order valence-electron chi connectivity index (χ4n) is 6.10. The Hall–Kier alpha value is -2.86. The van der Waals surface area contributed by atoms with Crippen LogP contribution in [-0.2, 0) is 19.2 Å². The van der Waals surface area contributed by atoms with Crippen molar-refractivity contribution in [2.24, 2.45) is 11.3 Å². The Kier molecular flexibility index (Phi) is 11.9. The second kappa shape index (κ2) is 14.7. The Balaban J connectivity index is 1.77. The number of carbonyl (C=O) groups excluding carboxylic acids is 4. The summed E-state index contributed by atoms with van der Waals surface area (Å²) in [5.74, 6) is -0.810. The maximum atomic E-state index is 14.1. The SMILES string of the molecule is CC(=C[C@H](C(C)C)N(C)C(=O)[C@@H](NC(=O)[C@H]1CCCCN1C(C)C)C(C)(C)C)C(=O)N1CCC[C@H]1C(=O)Nc1nncs1. The summed E-state index contributed by atoms with van der Waals surface area (Å²) in [6.45, 7) is 17.2. The molecule has 2 fully saturated rings. The van der Waals surface area contributed by atoms with Crippen LogP contribution in [0.15, 0.2) is 17.2 Å². The molecule has 240 valence electrons. The number of hydrogen-bond acceptors (Lipinski definition) is 8. The first kappa shape index (κ1) is 34.6. The molecule has 1 aromatic heterocycles. The fourth-order valence-corrected chi connectivity index (χ4v) is 6.54. The summed E-state index contributed by atoms with van der Waals surface area (Å²) in [7, 11) is 1.74. The van der Waals surface area contributed by atoms with Crippen molar-refractivity contribution in [1.82, 2.24) is 30.2 Å². The minimum atomic E-state index is -0.737. The molecule has 0 saturated carbocycles. The standard InChI is InChI=1S/C31H51N7O4S/c1-19(2)24(17-21(5)28(41)38-16-12-14-23(38)27(40)34-30-35-32-18-43-30)36(9)29(42)25(31(6,7)8)33-26(39)22-13-10-11-15-37(22)20(3)4/h17-20,22-25H,10-16H2,1-9H3,(H,33,39)(H,34,35,40)/t22-,23+,24-,25-/m1/s1. The largest absolute Gasteiger partial charge is 0.342 e. The van der Waals surface area contributed by atoms with E-state index in [4.69, 9.17) is 0 Å². The lowest BCUT2D eigenvalue weighted by molar-refractivity contribution is -0.142. The topological polar surface area (TPSA) is 128 Å². The van der Waals surface area contributed by atoms with Crippen molar-refractivity contribution in [3.63, 3.8) is 0 Å². The monoisotopic (exact) mass is 617 g/mol. The van der Waals surface area contributed by atoms with Gasteiger partial charge in [0.15, 0.2) is 0 Å². The zero-order chi connectivity index (χ0) is 32.1. The second-order valence-corrected chi connectivity index (χ2v) is 14.4. The fraction of sp³-hybridized carbons (Fsp3) is 0.742. The lowest BCUT2D eigenvalue weighted by Crippen LogP contribution is -2.60. The highest BCUT2D eigenvalue weighted by atomic mass is 32.1. The number of hydrogen-bond donors (Lipinski definition) is 2. The van der Waals surface area contributed by atoms with E-state index in [0.29, 0.717) is 23.7 Å². The van der Waals surface area contributed by atoms with Crippen LogP contribution in [0.4, 0.5) is 5.13 Å². The van der Waals surface area contributed by atoms with E-state index < -0.39 is 23.5 Å². The van der Waals surface area contributed by atoms with Crippen LogP contribution in [-0.4, -0.2) is 98.9 Å². The van der Waals surface area contributed by atoms with Crippen LogP contribution in [0.1, 0.15) is 87.5 Å². The van der Waals surface area contributed by atoms with Crippen LogP contribution in [0.25, 0.3) is 0 Å². The molecule has 12 heteroatoms. The quantitative estimate of drug-likeness (QED) is 0.384. The number of nitrogens with zero attached hydrogens (tertiary/aromatic N) is 5. The number of carbonyl (C=O) groups is 4. The highest BCUT2D eigenvalue weighted by Gasteiger charge is 2.40. The molecule has 2 aliphatic rings. The average Bonchev–Trinajstić information content (AvgIpc) is 3.65. The number of rotatable bonds is 10. The van der Waals surface area contributed by atoms with Gasteiger partial charge in [0.1, 0.15) is 17.6 Å². The number of piperidine rings is 1. The highest BCUT2D eigenvalue weighted by molar-refractivity contribution is 7.13. The minimum Gasteiger partial charge on any atom is -0.342 e. The lowest BCUT2D eigenvalue weighted by Gasteiger charge is -2.41. The third-order valence-electron chi connectivity index (χ3n) is 8.55. The molecule has 2 saturated heterocycles. The van der Waals surface area contributed by atoms with Crippen LogP contribution in [0.5, 0.6) is 0 Å². The van der Waals surface area contributed by atoms with E-state index in [-0.39, 0.29) is 41.6 Å². The molecule has 11 nitrogen and oxygen atoms in total. The van der Waals surface area contributed by atoms with Crippen molar-refractivity contribution in [2.45, 2.75) is 118 Å². The lowest BCUT2D eigenvalue weighted by atomic mass is 9.84. The maximum absolute atomic E-state index is 14.1. The van der Waals surface area contributed by atoms with Crippen molar-refractivity contribution < 1.29 is 19.2 Å². The predicted molar refractivity (Wildman–Crippen MR) is 169 cm³/mol. The molecule has 0 radical (unpaired) electrons. The van der Waals surface area contributed by atoms with Crippen molar-refractivity contribution in [3.8, 4) is 0 Å². The van der Waals surface area contributed by atoms with Gasteiger partial charge in [-0.15, -0.1) is 10.2 Å². The summed E-state index contributed by atoms with van der Waals surface area (Å²) in [6.07, 6.45) is 5.95. The van der Waals surface area contributed by atoms with Gasteiger partial charge >= 0.3 is 0 Å². The van der Waals surface area contributed by atoms with E-state index in [2.05, 4.69) is 39.6 Å². The first-order chi connectivity index (χ1) is 20.1. The van der Waals surface area contributed by atoms with Gasteiger partial charge in [-0.2, -0.15) is 0 Å². The van der Waals surface area contributed by atoms with E-state index in [1.807, 2.05) is 40.7 Å². The van der Waals surface area contributed by atoms with E-state index in [0.717, 1.165) is 32.2 Å². The molecule has 4 amide bonds. The smallest absolute Gasteiger partial charge is 0.249 e. The third-order valence-corrected chi connectivity index (χ3v) is 9.16. The second-order valence-electron chi connectivity index (χ2n) is 13.6. The molecule has 0 bridgehead atoms. The van der Waals surface area contributed by atoms with Gasteiger partial charge in [-0.05, 0) is 64.3 Å². The molecule has 3 heterocycles. The maximum Gasteiger partial charge on any atom is 0.249 e. The van der Waals surface area contributed by atoms with Gasteiger partial charge in [-0.1, -0.05) is 58.5 Å². The normalized spacial score (nSPS) is 21.6. The number of likely N-dealkylation sites (tertiary alicyclic amines) is 2. The molecule has 0 unspecified atom stereocenters. The van der Waals surface area contributed by atoms with Gasteiger partial charge in [0.05, 0.1) is 12.1 Å². The van der Waals surface area contributed by atoms with Gasteiger partial charge in [0, 0.05) is 25.2 Å². The molecular weight excluding hydrogens is 566 g/mol. The summed E-state index contributed by atoms with van der Waals surface area (Å²) >= 11 is 1.23. The molecule has 0 aromatic carbocycles. The van der Waals surface area contributed by atoms with Gasteiger partial charge < -0.3 is 15.1 Å². The Morgan fingerprint density at radius 3 is 2.28 bits per heavy atom. The summed E-state index contributed by atoms with van der Waals surface area (Å²) in [4.78, 5) is 59.7. The zero-order valence-corrected chi connectivity index (χ0v) is 28.2. The molecule has 43 heavy (non-hydrogen) atoms. The Labute approximate surface area is 260 Å². The van der Waals surface area contributed by atoms with Crippen molar-refractivity contribution in [2.75, 3.05) is 25.5 Å². The van der Waals surface area contributed by atoms with Gasteiger partial charge in [0.25, 0.3) is 0 Å². The summed E-state index contributed by atoms with van der Waals surface area (Å²) in [5.41, 5.74) is 1.48. The molecular formula is C31H51N7O4S. The molecule has 2 aliphatic heterocycles. The molecule has 4 atom stereocenters. The number of aromatic nitrogens is 2. The third kappa shape index (κ3) is 8.62. The van der Waals surface area contributed by atoms with E-state index >= 15 is 0 Å². The average molecular weight is 618 g/mol. The van der Waals surface area contributed by atoms with Crippen LogP contribution in [0.3, 0.4) is 0 Å². The van der Waals surface area contributed by atoms with Gasteiger partial charge in [0.2, 0.25) is 28.8 Å². The summed E-state index contributed by atoms with van der Waals surface area (Å²) in [6, 6.07) is -1.74. The van der Waals surface area contributed by atoms with Crippen LogP contribution in [0, 0.1) is 11.3 Å². The van der Waals surface area contributed by atoms with Crippen LogP contribution < -0.4 is 10.6 Å². The minimum absolute atomic E-state index is 0.00197. The highest BCUT2D eigenvalue weighted by Crippen LogP contribution is 2.27. The number of nitrogens with one attached hydrogen (secondary N) is 2. The summed E-state index contributed by atoms with van der Waals surface area (Å²) in [5, 5.41) is 13.9. The van der Waals surface area contributed by atoms with Crippen LogP contribution >= 0.6 is 11.3 Å². The number of anilines is 1. The molecule has 0 spiro atoms. The van der Waals surface area contributed by atoms with Gasteiger partial charge in [-0.3, -0.25) is 29.4 Å². The molecule has 3 rings (SSSR count). The van der Waals surface area contributed by atoms with Gasteiger partial charge in [-0.25, -0.2) is 0 Å². The first-order valence-electron chi connectivity index (χ1n) is 15.5. The van der Waals surface area contributed by atoms with E-state index in [1.165, 1.54) is 16.8 Å². The summed E-state index contributed by atoms with van der Waals surface area (Å²) < 4.78 is 0. The van der Waals surface area contributed by atoms with Crippen molar-refractivity contribution in [1.29, 1.82) is 0 Å². The number of amides is 4.